The number of hydrogen-bond acceptors (Lipinski definition) is 3. The molecule has 1 aliphatic rings. The Kier molecular flexibility index (Phi) is 5.33. The summed E-state index contributed by atoms with van der Waals surface area (Å²) in [7, 11) is 0. The van der Waals surface area contributed by atoms with Gasteiger partial charge in [0.1, 0.15) is 6.54 Å². The van der Waals surface area contributed by atoms with Crippen LogP contribution in [0.25, 0.3) is 11.1 Å². The predicted molar refractivity (Wildman–Crippen MR) is 129 cm³/mol. The monoisotopic (exact) mass is 438 g/mol. The molecule has 2 heterocycles. The van der Waals surface area contributed by atoms with Crippen LogP contribution in [0.2, 0.25) is 0 Å². The van der Waals surface area contributed by atoms with E-state index in [9.17, 15) is 9.59 Å². The molecule has 1 aromatic heterocycles. The van der Waals surface area contributed by atoms with Crippen LogP contribution >= 0.6 is 11.3 Å². The number of anilines is 1. The predicted octanol–water partition coefficient (Wildman–Crippen LogP) is 5.91. The minimum Gasteiger partial charge on any atom is -0.324 e. The van der Waals surface area contributed by atoms with E-state index in [0.29, 0.717) is 5.56 Å². The number of fused-ring (bicyclic) bond motifs is 1. The van der Waals surface area contributed by atoms with Gasteiger partial charge >= 0.3 is 0 Å². The first-order valence-corrected chi connectivity index (χ1v) is 11.4. The Morgan fingerprint density at radius 1 is 0.938 bits per heavy atom. The highest BCUT2D eigenvalue weighted by Gasteiger charge is 2.34. The van der Waals surface area contributed by atoms with E-state index in [4.69, 9.17) is 0 Å². The Morgan fingerprint density at radius 3 is 2.41 bits per heavy atom. The molecule has 1 N–H and O–H groups in total. The SMILES string of the molecule is Cc1ccc2c(c1)C(c1cccs1)N(C(=O)c1ccc(-c3ccccc3)cc1)CC(=O)N2. The van der Waals surface area contributed by atoms with Crippen molar-refractivity contribution in [3.05, 3.63) is 112 Å². The number of nitrogens with one attached hydrogen (secondary N) is 1. The number of rotatable bonds is 3. The highest BCUT2D eigenvalue weighted by molar-refractivity contribution is 7.10. The maximum atomic E-state index is 13.7. The van der Waals surface area contributed by atoms with Gasteiger partial charge in [0.15, 0.2) is 0 Å². The first kappa shape index (κ1) is 20.2. The highest BCUT2D eigenvalue weighted by Crippen LogP contribution is 2.39. The normalized spacial score (nSPS) is 15.6. The molecule has 0 radical (unpaired) electrons. The molecular weight excluding hydrogens is 416 g/mol. The lowest BCUT2D eigenvalue weighted by atomic mass is 9.98. The zero-order valence-electron chi connectivity index (χ0n) is 17.6. The first-order chi connectivity index (χ1) is 15.6. The second-order valence-corrected chi connectivity index (χ2v) is 8.91. The quantitative estimate of drug-likeness (QED) is 0.432. The molecule has 1 atom stereocenters. The Labute approximate surface area is 191 Å². The van der Waals surface area contributed by atoms with Crippen molar-refractivity contribution in [3.8, 4) is 11.1 Å². The van der Waals surface area contributed by atoms with E-state index in [1.54, 1.807) is 16.2 Å². The molecule has 2 amide bonds. The number of hydrogen-bond donors (Lipinski definition) is 1. The van der Waals surface area contributed by atoms with E-state index >= 15 is 0 Å². The fourth-order valence-corrected chi connectivity index (χ4v) is 5.02. The van der Waals surface area contributed by atoms with Gasteiger partial charge in [0.2, 0.25) is 5.91 Å². The van der Waals surface area contributed by atoms with Crippen LogP contribution in [-0.2, 0) is 4.79 Å². The van der Waals surface area contributed by atoms with Crippen LogP contribution in [0.15, 0.2) is 90.3 Å². The molecule has 0 spiro atoms. The zero-order valence-corrected chi connectivity index (χ0v) is 18.4. The van der Waals surface area contributed by atoms with E-state index in [1.807, 2.05) is 91.2 Å². The molecule has 5 rings (SSSR count). The van der Waals surface area contributed by atoms with Crippen molar-refractivity contribution in [2.45, 2.75) is 13.0 Å². The van der Waals surface area contributed by atoms with Crippen LogP contribution in [0.4, 0.5) is 5.69 Å². The van der Waals surface area contributed by atoms with Crippen LogP contribution < -0.4 is 5.32 Å². The Balaban J connectivity index is 1.56. The fraction of sp³-hybridized carbons (Fsp3) is 0.111. The van der Waals surface area contributed by atoms with Gasteiger partial charge < -0.3 is 10.2 Å². The Bertz CT molecular complexity index is 1270. The average molecular weight is 439 g/mol. The second-order valence-electron chi connectivity index (χ2n) is 7.93. The first-order valence-electron chi connectivity index (χ1n) is 10.5. The van der Waals surface area contributed by atoms with Crippen LogP contribution in [0, 0.1) is 6.92 Å². The standard InChI is InChI=1S/C27H22N2O2S/c1-18-9-14-23-22(16-18)26(24-8-5-15-32-24)29(17-25(30)28-23)27(31)21-12-10-20(11-13-21)19-6-3-2-4-7-19/h2-16,26H,17H2,1H3,(H,28,30). The van der Waals surface area contributed by atoms with Gasteiger partial charge in [-0.2, -0.15) is 0 Å². The van der Waals surface area contributed by atoms with Gasteiger partial charge in [-0.25, -0.2) is 0 Å². The van der Waals surface area contributed by atoms with Crippen LogP contribution in [0.1, 0.15) is 32.4 Å². The summed E-state index contributed by atoms with van der Waals surface area (Å²) in [5.41, 5.74) is 5.49. The molecule has 4 aromatic rings. The number of aryl methyl sites for hydroxylation is 1. The summed E-state index contributed by atoms with van der Waals surface area (Å²) in [6.07, 6.45) is 0. The van der Waals surface area contributed by atoms with E-state index in [2.05, 4.69) is 11.4 Å². The molecule has 1 aliphatic heterocycles. The van der Waals surface area contributed by atoms with Gasteiger partial charge in [0.05, 0.1) is 6.04 Å². The summed E-state index contributed by atoms with van der Waals surface area (Å²) < 4.78 is 0. The van der Waals surface area contributed by atoms with E-state index in [1.165, 1.54) is 0 Å². The van der Waals surface area contributed by atoms with Crippen molar-refractivity contribution >= 4 is 28.8 Å². The van der Waals surface area contributed by atoms with Crippen molar-refractivity contribution in [1.82, 2.24) is 4.90 Å². The maximum absolute atomic E-state index is 13.7. The summed E-state index contributed by atoms with van der Waals surface area (Å²) in [5, 5.41) is 4.98. The van der Waals surface area contributed by atoms with E-state index in [-0.39, 0.29) is 24.4 Å². The molecule has 5 heteroatoms. The molecule has 0 aliphatic carbocycles. The minimum absolute atomic E-state index is 0.00440. The molecule has 32 heavy (non-hydrogen) atoms. The van der Waals surface area contributed by atoms with Crippen molar-refractivity contribution in [3.63, 3.8) is 0 Å². The molecule has 0 bridgehead atoms. The van der Waals surface area contributed by atoms with Gasteiger partial charge in [-0.15, -0.1) is 11.3 Å². The molecule has 0 saturated heterocycles. The third kappa shape index (κ3) is 3.83. The van der Waals surface area contributed by atoms with Crippen molar-refractivity contribution in [2.24, 2.45) is 0 Å². The number of amides is 2. The summed E-state index contributed by atoms with van der Waals surface area (Å²) >= 11 is 1.59. The number of carbonyl (C=O) groups is 2. The highest BCUT2D eigenvalue weighted by atomic mass is 32.1. The van der Waals surface area contributed by atoms with Gasteiger partial charge in [0.25, 0.3) is 5.91 Å². The van der Waals surface area contributed by atoms with Gasteiger partial charge in [0, 0.05) is 21.7 Å². The van der Waals surface area contributed by atoms with Crippen molar-refractivity contribution in [1.29, 1.82) is 0 Å². The molecular formula is C27H22N2O2S. The molecule has 0 fully saturated rings. The summed E-state index contributed by atoms with van der Waals surface area (Å²) in [4.78, 5) is 29.1. The lowest BCUT2D eigenvalue weighted by Gasteiger charge is -2.29. The van der Waals surface area contributed by atoms with Gasteiger partial charge in [-0.3, -0.25) is 9.59 Å². The van der Waals surface area contributed by atoms with Gasteiger partial charge in [-0.1, -0.05) is 66.2 Å². The third-order valence-corrected chi connectivity index (χ3v) is 6.64. The largest absolute Gasteiger partial charge is 0.324 e. The minimum atomic E-state index is -0.329. The maximum Gasteiger partial charge on any atom is 0.255 e. The third-order valence-electron chi connectivity index (χ3n) is 5.71. The lowest BCUT2D eigenvalue weighted by Crippen LogP contribution is -2.38. The zero-order chi connectivity index (χ0) is 22.1. The molecule has 3 aromatic carbocycles. The van der Waals surface area contributed by atoms with E-state index in [0.717, 1.165) is 32.8 Å². The number of benzene rings is 3. The number of carbonyl (C=O) groups excluding carboxylic acids is 2. The van der Waals surface area contributed by atoms with Crippen LogP contribution in [0.3, 0.4) is 0 Å². The van der Waals surface area contributed by atoms with Crippen LogP contribution in [0.5, 0.6) is 0 Å². The number of nitrogens with zero attached hydrogens (tertiary/aromatic N) is 1. The molecule has 0 saturated carbocycles. The summed E-state index contributed by atoms with van der Waals surface area (Å²) in [6, 6.07) is 27.3. The van der Waals surface area contributed by atoms with Crippen LogP contribution in [-0.4, -0.2) is 23.3 Å². The average Bonchev–Trinajstić information content (AvgIpc) is 3.30. The van der Waals surface area contributed by atoms with Gasteiger partial charge in [-0.05, 0) is 47.7 Å². The smallest absolute Gasteiger partial charge is 0.255 e. The number of thiophene rings is 1. The Morgan fingerprint density at radius 2 is 1.69 bits per heavy atom. The van der Waals surface area contributed by atoms with Crippen molar-refractivity contribution in [2.75, 3.05) is 11.9 Å². The second kappa shape index (κ2) is 8.44. The molecule has 4 nitrogen and oxygen atoms in total. The Hall–Kier alpha value is -3.70. The molecule has 1 unspecified atom stereocenters. The summed E-state index contributed by atoms with van der Waals surface area (Å²) in [5.74, 6) is -0.351. The molecule has 158 valence electrons. The lowest BCUT2D eigenvalue weighted by molar-refractivity contribution is -0.117. The van der Waals surface area contributed by atoms with E-state index < -0.39 is 0 Å². The topological polar surface area (TPSA) is 49.4 Å². The van der Waals surface area contributed by atoms with Crippen molar-refractivity contribution < 1.29 is 9.59 Å². The fourth-order valence-electron chi connectivity index (χ4n) is 4.17. The summed E-state index contributed by atoms with van der Waals surface area (Å²) in [6.45, 7) is 2.02.